The number of benzene rings is 1. The molecule has 3 rings (SSSR count). The number of nitrogens with zero attached hydrogens (tertiary/aromatic N) is 1. The minimum absolute atomic E-state index is 0.104. The summed E-state index contributed by atoms with van der Waals surface area (Å²) >= 11 is 0. The molecule has 1 aliphatic carbocycles. The highest BCUT2D eigenvalue weighted by atomic mass is 16.5. The molecule has 1 aliphatic heterocycles. The first-order valence-electron chi connectivity index (χ1n) is 9.33. The van der Waals surface area contributed by atoms with Crippen LogP contribution < -0.4 is 10.6 Å². The summed E-state index contributed by atoms with van der Waals surface area (Å²) in [4.78, 5) is 50.0. The van der Waals surface area contributed by atoms with E-state index in [1.54, 1.807) is 13.0 Å². The summed E-state index contributed by atoms with van der Waals surface area (Å²) in [6, 6.07) is 4.97. The fraction of sp³-hybridized carbons (Fsp3) is 0.500. The predicted octanol–water partition coefficient (Wildman–Crippen LogP) is 1.89. The molecule has 0 aromatic heterocycles. The van der Waals surface area contributed by atoms with Crippen LogP contribution in [0.5, 0.6) is 0 Å². The molecule has 1 saturated heterocycles. The highest BCUT2D eigenvalue weighted by molar-refractivity contribution is 6.09. The zero-order valence-electron chi connectivity index (χ0n) is 16.5. The van der Waals surface area contributed by atoms with Gasteiger partial charge in [0.2, 0.25) is 0 Å². The Bertz CT molecular complexity index is 848. The molecule has 4 amide bonds. The van der Waals surface area contributed by atoms with Crippen molar-refractivity contribution in [2.24, 2.45) is 5.92 Å². The maximum Gasteiger partial charge on any atom is 0.327 e. The second-order valence-electron chi connectivity index (χ2n) is 7.74. The maximum absolute atomic E-state index is 12.5. The topological polar surface area (TPSA) is 105 Å². The lowest BCUT2D eigenvalue weighted by atomic mass is 9.96. The fourth-order valence-electron chi connectivity index (χ4n) is 3.40. The molecular weight excluding hydrogens is 362 g/mol. The lowest BCUT2D eigenvalue weighted by Crippen LogP contribution is -2.46. The molecule has 0 spiro atoms. The molecule has 1 heterocycles. The normalized spacial score (nSPS) is 22.6. The van der Waals surface area contributed by atoms with Crippen LogP contribution in [0.4, 0.5) is 10.5 Å². The monoisotopic (exact) mass is 387 g/mol. The molecule has 8 heteroatoms. The SMILES string of the molecule is Cc1ccc(NC(=O)[C@H](C)OC(=O)CN2C(=O)N[C@@](C)(C3CC3)C2=O)c(C)c1. The third-order valence-electron chi connectivity index (χ3n) is 5.30. The van der Waals surface area contributed by atoms with Gasteiger partial charge in [-0.2, -0.15) is 0 Å². The van der Waals surface area contributed by atoms with Gasteiger partial charge < -0.3 is 15.4 Å². The average Bonchev–Trinajstić information content (AvgIpc) is 3.43. The van der Waals surface area contributed by atoms with Gasteiger partial charge in [-0.05, 0) is 58.1 Å². The van der Waals surface area contributed by atoms with Crippen molar-refractivity contribution >= 4 is 29.5 Å². The minimum atomic E-state index is -1.07. The largest absolute Gasteiger partial charge is 0.451 e. The second-order valence-corrected chi connectivity index (χ2v) is 7.74. The number of imide groups is 1. The van der Waals surface area contributed by atoms with Crippen molar-refractivity contribution in [2.45, 2.75) is 52.2 Å². The van der Waals surface area contributed by atoms with Crippen molar-refractivity contribution < 1.29 is 23.9 Å². The molecule has 0 radical (unpaired) electrons. The van der Waals surface area contributed by atoms with Crippen LogP contribution >= 0.6 is 0 Å². The van der Waals surface area contributed by atoms with Crippen molar-refractivity contribution in [1.29, 1.82) is 0 Å². The van der Waals surface area contributed by atoms with Crippen LogP contribution in [0, 0.1) is 19.8 Å². The number of carbonyl (C=O) groups excluding carboxylic acids is 4. The van der Waals surface area contributed by atoms with Gasteiger partial charge in [-0.15, -0.1) is 0 Å². The molecular formula is C20H25N3O5. The summed E-state index contributed by atoms with van der Waals surface area (Å²) in [7, 11) is 0. The van der Waals surface area contributed by atoms with E-state index in [0.717, 1.165) is 28.9 Å². The Labute approximate surface area is 163 Å². The fourth-order valence-corrected chi connectivity index (χ4v) is 3.40. The number of ether oxygens (including phenoxy) is 1. The summed E-state index contributed by atoms with van der Waals surface area (Å²) in [6.07, 6.45) is 0.677. The second kappa shape index (κ2) is 7.26. The molecule has 2 atom stereocenters. The molecule has 0 bridgehead atoms. The van der Waals surface area contributed by atoms with Crippen LogP contribution in [0.25, 0.3) is 0 Å². The summed E-state index contributed by atoms with van der Waals surface area (Å²) < 4.78 is 5.13. The van der Waals surface area contributed by atoms with Crippen molar-refractivity contribution in [3.63, 3.8) is 0 Å². The van der Waals surface area contributed by atoms with E-state index in [1.807, 2.05) is 26.0 Å². The number of anilines is 1. The number of amides is 4. The lowest BCUT2D eigenvalue weighted by Gasteiger charge is -2.21. The quantitative estimate of drug-likeness (QED) is 0.573. The van der Waals surface area contributed by atoms with Gasteiger partial charge in [-0.25, -0.2) is 4.79 Å². The number of carbonyl (C=O) groups is 4. The number of aryl methyl sites for hydroxylation is 2. The van der Waals surface area contributed by atoms with Crippen molar-refractivity contribution in [2.75, 3.05) is 11.9 Å². The van der Waals surface area contributed by atoms with Gasteiger partial charge in [-0.1, -0.05) is 17.7 Å². The van der Waals surface area contributed by atoms with Crippen LogP contribution in [-0.4, -0.2) is 46.9 Å². The Kier molecular flexibility index (Phi) is 5.14. The van der Waals surface area contributed by atoms with Crippen LogP contribution in [0.15, 0.2) is 18.2 Å². The number of hydrogen-bond donors (Lipinski definition) is 2. The van der Waals surface area contributed by atoms with E-state index in [4.69, 9.17) is 4.74 Å². The number of urea groups is 1. The van der Waals surface area contributed by atoms with Crippen LogP contribution in [0.1, 0.15) is 37.8 Å². The average molecular weight is 387 g/mol. The Morgan fingerprint density at radius 2 is 2.00 bits per heavy atom. The van der Waals surface area contributed by atoms with E-state index in [9.17, 15) is 19.2 Å². The van der Waals surface area contributed by atoms with Crippen LogP contribution in [0.3, 0.4) is 0 Å². The van der Waals surface area contributed by atoms with E-state index < -0.39 is 42.0 Å². The maximum atomic E-state index is 12.5. The molecule has 2 aliphatic rings. The van der Waals surface area contributed by atoms with Crippen molar-refractivity contribution in [1.82, 2.24) is 10.2 Å². The highest BCUT2D eigenvalue weighted by Crippen LogP contribution is 2.42. The van der Waals surface area contributed by atoms with Gasteiger partial charge in [0.1, 0.15) is 12.1 Å². The highest BCUT2D eigenvalue weighted by Gasteiger charge is 2.56. The summed E-state index contributed by atoms with van der Waals surface area (Å²) in [5.74, 6) is -1.62. The van der Waals surface area contributed by atoms with E-state index in [1.165, 1.54) is 6.92 Å². The number of nitrogens with one attached hydrogen (secondary N) is 2. The van der Waals surface area contributed by atoms with E-state index in [0.29, 0.717) is 5.69 Å². The molecule has 2 N–H and O–H groups in total. The molecule has 28 heavy (non-hydrogen) atoms. The zero-order chi connectivity index (χ0) is 20.6. The minimum Gasteiger partial charge on any atom is -0.451 e. The van der Waals surface area contributed by atoms with Crippen LogP contribution in [0.2, 0.25) is 0 Å². The smallest absolute Gasteiger partial charge is 0.327 e. The van der Waals surface area contributed by atoms with Gasteiger partial charge in [0.05, 0.1) is 0 Å². The van der Waals surface area contributed by atoms with E-state index in [-0.39, 0.29) is 5.92 Å². The first kappa shape index (κ1) is 19.9. The first-order chi connectivity index (χ1) is 13.1. The molecule has 1 saturated carbocycles. The Morgan fingerprint density at radius 1 is 1.32 bits per heavy atom. The van der Waals surface area contributed by atoms with Gasteiger partial charge in [-0.3, -0.25) is 19.3 Å². The third kappa shape index (κ3) is 3.85. The summed E-state index contributed by atoms with van der Waals surface area (Å²) in [5, 5.41) is 5.38. The Balaban J connectivity index is 1.56. The number of hydrogen-bond acceptors (Lipinski definition) is 5. The molecule has 150 valence electrons. The van der Waals surface area contributed by atoms with Crippen molar-refractivity contribution in [3.05, 3.63) is 29.3 Å². The zero-order valence-corrected chi connectivity index (χ0v) is 16.5. The standard InChI is InChI=1S/C20H25N3O5/c1-11-5-8-15(12(2)9-11)21-17(25)13(3)28-16(24)10-23-18(26)20(4,14-6-7-14)22-19(23)27/h5,8-9,13-14H,6-7,10H2,1-4H3,(H,21,25)(H,22,27)/t13-,20-/m0/s1. The third-order valence-corrected chi connectivity index (χ3v) is 5.30. The Morgan fingerprint density at radius 3 is 2.61 bits per heavy atom. The number of rotatable bonds is 6. The van der Waals surface area contributed by atoms with Gasteiger partial charge in [0, 0.05) is 5.69 Å². The predicted molar refractivity (Wildman–Crippen MR) is 101 cm³/mol. The Hall–Kier alpha value is -2.90. The molecule has 1 aromatic carbocycles. The molecule has 2 fully saturated rings. The summed E-state index contributed by atoms with van der Waals surface area (Å²) in [6.45, 7) is 6.42. The van der Waals surface area contributed by atoms with E-state index >= 15 is 0 Å². The van der Waals surface area contributed by atoms with E-state index in [2.05, 4.69) is 10.6 Å². The van der Waals surface area contributed by atoms with Gasteiger partial charge in [0.25, 0.3) is 11.8 Å². The first-order valence-corrected chi connectivity index (χ1v) is 9.33. The number of esters is 1. The molecule has 8 nitrogen and oxygen atoms in total. The lowest BCUT2D eigenvalue weighted by molar-refractivity contribution is -0.155. The summed E-state index contributed by atoms with van der Waals surface area (Å²) in [5.41, 5.74) is 1.64. The van der Waals surface area contributed by atoms with Crippen molar-refractivity contribution in [3.8, 4) is 0 Å². The molecule has 1 aromatic rings. The molecule has 0 unspecified atom stereocenters. The van der Waals surface area contributed by atoms with Crippen LogP contribution in [-0.2, 0) is 19.1 Å². The van der Waals surface area contributed by atoms with Gasteiger partial charge in [0.15, 0.2) is 6.10 Å². The van der Waals surface area contributed by atoms with Gasteiger partial charge >= 0.3 is 12.0 Å².